The Morgan fingerprint density at radius 1 is 1.31 bits per heavy atom. The highest BCUT2D eigenvalue weighted by molar-refractivity contribution is 5.22. The van der Waals surface area contributed by atoms with Crippen LogP contribution in [0.3, 0.4) is 0 Å². The summed E-state index contributed by atoms with van der Waals surface area (Å²) in [5.41, 5.74) is -0.134. The van der Waals surface area contributed by atoms with Crippen molar-refractivity contribution in [1.29, 1.82) is 0 Å². The van der Waals surface area contributed by atoms with E-state index in [0.717, 1.165) is 12.0 Å². The summed E-state index contributed by atoms with van der Waals surface area (Å²) < 4.78 is 5.50. The van der Waals surface area contributed by atoms with Gasteiger partial charge in [0.05, 0.1) is 18.3 Å². The summed E-state index contributed by atoms with van der Waals surface area (Å²) >= 11 is 0. The van der Waals surface area contributed by atoms with Gasteiger partial charge in [0.15, 0.2) is 0 Å². The maximum atomic E-state index is 9.94. The molecule has 3 unspecified atom stereocenters. The molecular weight excluding hydrogens is 204 g/mol. The Balaban J connectivity index is 5.18. The molecule has 96 valence electrons. The average molecular weight is 230 g/mol. The molecular formula is C13H26O3. The van der Waals surface area contributed by atoms with Crippen molar-refractivity contribution in [3.05, 3.63) is 12.2 Å². The van der Waals surface area contributed by atoms with Gasteiger partial charge >= 0.3 is 0 Å². The van der Waals surface area contributed by atoms with Crippen LogP contribution in [0.15, 0.2) is 12.2 Å². The van der Waals surface area contributed by atoms with Gasteiger partial charge in [-0.1, -0.05) is 27.4 Å². The molecule has 0 bridgehead atoms. The van der Waals surface area contributed by atoms with Crippen LogP contribution in [0.1, 0.15) is 40.5 Å². The minimum Gasteiger partial charge on any atom is -0.394 e. The first-order chi connectivity index (χ1) is 7.32. The Hall–Kier alpha value is -0.380. The second-order valence-corrected chi connectivity index (χ2v) is 4.74. The van der Waals surface area contributed by atoms with E-state index in [-0.39, 0.29) is 6.61 Å². The molecule has 3 heteroatoms. The van der Waals surface area contributed by atoms with Crippen molar-refractivity contribution in [1.82, 2.24) is 0 Å². The third-order valence-corrected chi connectivity index (χ3v) is 4.10. The van der Waals surface area contributed by atoms with E-state index in [0.29, 0.717) is 6.42 Å². The predicted molar refractivity (Wildman–Crippen MR) is 66.3 cm³/mol. The number of methoxy groups -OCH3 is 1. The average Bonchev–Trinajstić information content (AvgIpc) is 2.34. The van der Waals surface area contributed by atoms with E-state index in [1.54, 1.807) is 7.11 Å². The highest BCUT2D eigenvalue weighted by atomic mass is 16.5. The maximum Gasteiger partial charge on any atom is 0.0862 e. The Morgan fingerprint density at radius 3 is 2.06 bits per heavy atom. The fraction of sp³-hybridized carbons (Fsp3) is 0.846. The van der Waals surface area contributed by atoms with Gasteiger partial charge in [-0.05, 0) is 25.3 Å². The van der Waals surface area contributed by atoms with Gasteiger partial charge in [-0.25, -0.2) is 0 Å². The van der Waals surface area contributed by atoms with Crippen LogP contribution in [0.2, 0.25) is 0 Å². The van der Waals surface area contributed by atoms with Crippen molar-refractivity contribution in [3.8, 4) is 0 Å². The quantitative estimate of drug-likeness (QED) is 0.659. The van der Waals surface area contributed by atoms with Crippen LogP contribution < -0.4 is 0 Å². The number of aliphatic hydroxyl groups excluding tert-OH is 2. The lowest BCUT2D eigenvalue weighted by atomic mass is 9.69. The fourth-order valence-corrected chi connectivity index (χ4v) is 1.94. The molecule has 16 heavy (non-hydrogen) atoms. The summed E-state index contributed by atoms with van der Waals surface area (Å²) in [6.07, 6.45) is 0.703. The van der Waals surface area contributed by atoms with Crippen molar-refractivity contribution in [2.75, 3.05) is 13.7 Å². The van der Waals surface area contributed by atoms with Gasteiger partial charge in [-0.15, -0.1) is 0 Å². The minimum atomic E-state index is -0.800. The van der Waals surface area contributed by atoms with Gasteiger partial charge in [0.1, 0.15) is 0 Å². The molecule has 0 aliphatic heterocycles. The molecule has 0 saturated heterocycles. The normalized spacial score (nSPS) is 20.9. The molecule has 0 aliphatic carbocycles. The van der Waals surface area contributed by atoms with Crippen LogP contribution in [0.25, 0.3) is 0 Å². The van der Waals surface area contributed by atoms with E-state index in [2.05, 4.69) is 6.58 Å². The van der Waals surface area contributed by atoms with E-state index in [4.69, 9.17) is 9.84 Å². The van der Waals surface area contributed by atoms with Crippen LogP contribution in [0, 0.1) is 5.41 Å². The van der Waals surface area contributed by atoms with Gasteiger partial charge in [-0.3, -0.25) is 0 Å². The first kappa shape index (κ1) is 15.6. The minimum absolute atomic E-state index is 0.257. The lowest BCUT2D eigenvalue weighted by Gasteiger charge is -2.43. The topological polar surface area (TPSA) is 49.7 Å². The van der Waals surface area contributed by atoms with Crippen molar-refractivity contribution < 1.29 is 14.9 Å². The SMILES string of the molecule is C=C(C(C)(CC)OC)C(C)(CC)C(O)CO. The van der Waals surface area contributed by atoms with Crippen molar-refractivity contribution in [2.45, 2.75) is 52.2 Å². The maximum absolute atomic E-state index is 9.94. The van der Waals surface area contributed by atoms with E-state index >= 15 is 0 Å². The standard InChI is InChI=1S/C13H26O3/c1-7-12(4,11(15)9-14)10(3)13(5,8-2)16-6/h11,14-15H,3,7-9H2,1-2,4-6H3. The molecule has 0 heterocycles. The third kappa shape index (κ3) is 2.65. The summed E-state index contributed by atoms with van der Waals surface area (Å²) in [5, 5.41) is 19.1. The zero-order chi connectivity index (χ0) is 13.0. The second kappa shape index (κ2) is 5.80. The molecule has 2 N–H and O–H groups in total. The molecule has 0 aromatic rings. The van der Waals surface area contributed by atoms with Crippen LogP contribution in [0.5, 0.6) is 0 Å². The Morgan fingerprint density at radius 2 is 1.81 bits per heavy atom. The van der Waals surface area contributed by atoms with Gasteiger partial charge < -0.3 is 14.9 Å². The Labute approximate surface area is 99.1 Å². The molecule has 0 spiro atoms. The number of hydrogen-bond acceptors (Lipinski definition) is 3. The Bertz CT molecular complexity index is 233. The zero-order valence-electron chi connectivity index (χ0n) is 11.2. The monoisotopic (exact) mass is 230 g/mol. The number of aliphatic hydroxyl groups is 2. The van der Waals surface area contributed by atoms with E-state index in [9.17, 15) is 5.11 Å². The molecule has 0 aromatic heterocycles. The summed E-state index contributed by atoms with van der Waals surface area (Å²) in [4.78, 5) is 0. The number of hydrogen-bond donors (Lipinski definition) is 2. The van der Waals surface area contributed by atoms with Crippen LogP contribution in [-0.2, 0) is 4.74 Å². The fourth-order valence-electron chi connectivity index (χ4n) is 1.94. The molecule has 0 aliphatic rings. The highest BCUT2D eigenvalue weighted by Crippen LogP contribution is 2.42. The Kier molecular flexibility index (Phi) is 5.66. The first-order valence-electron chi connectivity index (χ1n) is 5.86. The van der Waals surface area contributed by atoms with Crippen molar-refractivity contribution >= 4 is 0 Å². The van der Waals surface area contributed by atoms with Crippen LogP contribution in [-0.4, -0.2) is 35.6 Å². The van der Waals surface area contributed by atoms with Gasteiger partial charge in [0, 0.05) is 12.5 Å². The van der Waals surface area contributed by atoms with Crippen LogP contribution in [0.4, 0.5) is 0 Å². The molecule has 0 amide bonds. The van der Waals surface area contributed by atoms with Crippen molar-refractivity contribution in [2.24, 2.45) is 5.41 Å². The lowest BCUT2D eigenvalue weighted by Crippen LogP contribution is -2.44. The highest BCUT2D eigenvalue weighted by Gasteiger charge is 2.42. The van der Waals surface area contributed by atoms with Gasteiger partial charge in [0.2, 0.25) is 0 Å². The molecule has 0 aromatic carbocycles. The first-order valence-corrected chi connectivity index (χ1v) is 5.86. The van der Waals surface area contributed by atoms with E-state index in [1.807, 2.05) is 27.7 Å². The molecule has 0 fully saturated rings. The summed E-state index contributed by atoms with van der Waals surface area (Å²) in [6.45, 7) is 11.7. The summed E-state index contributed by atoms with van der Waals surface area (Å²) in [5.74, 6) is 0. The van der Waals surface area contributed by atoms with Crippen LogP contribution >= 0.6 is 0 Å². The third-order valence-electron chi connectivity index (χ3n) is 4.10. The molecule has 0 radical (unpaired) electrons. The van der Waals surface area contributed by atoms with Gasteiger partial charge in [0.25, 0.3) is 0 Å². The van der Waals surface area contributed by atoms with E-state index < -0.39 is 17.1 Å². The second-order valence-electron chi connectivity index (χ2n) is 4.74. The van der Waals surface area contributed by atoms with Crippen molar-refractivity contribution in [3.63, 3.8) is 0 Å². The predicted octanol–water partition coefficient (Wildman–Crippen LogP) is 2.13. The zero-order valence-corrected chi connectivity index (χ0v) is 11.2. The molecule has 3 atom stereocenters. The van der Waals surface area contributed by atoms with Gasteiger partial charge in [-0.2, -0.15) is 0 Å². The number of rotatable bonds is 7. The smallest absolute Gasteiger partial charge is 0.0862 e. The van der Waals surface area contributed by atoms with E-state index in [1.165, 1.54) is 0 Å². The largest absolute Gasteiger partial charge is 0.394 e. The lowest BCUT2D eigenvalue weighted by molar-refractivity contribution is -0.0327. The summed E-state index contributed by atoms with van der Waals surface area (Å²) in [6, 6.07) is 0. The molecule has 3 nitrogen and oxygen atoms in total. The molecule has 0 rings (SSSR count). The number of ether oxygens (including phenoxy) is 1. The summed E-state index contributed by atoms with van der Waals surface area (Å²) in [7, 11) is 1.65. The molecule has 0 saturated carbocycles.